The summed E-state index contributed by atoms with van der Waals surface area (Å²) in [6, 6.07) is 22.3. The molecule has 8 heteroatoms. The summed E-state index contributed by atoms with van der Waals surface area (Å²) < 4.78 is 38.8. The van der Waals surface area contributed by atoms with Crippen LogP contribution < -0.4 is 19.1 Å². The first-order chi connectivity index (χ1) is 15.9. The molecular weight excluding hydrogens is 440 g/mol. The number of rotatable bonds is 10. The molecule has 3 aromatic rings. The zero-order valence-corrected chi connectivity index (χ0v) is 19.7. The second kappa shape index (κ2) is 10.9. The highest BCUT2D eigenvalue weighted by Crippen LogP contribution is 2.32. The first-order valence-electron chi connectivity index (χ1n) is 10.5. The molecule has 33 heavy (non-hydrogen) atoms. The number of carbonyl (C=O) groups is 1. The number of carbonyl (C=O) groups excluding carboxylic acids is 1. The fraction of sp³-hybridized carbons (Fsp3) is 0.240. The van der Waals surface area contributed by atoms with Crippen LogP contribution >= 0.6 is 0 Å². The maximum Gasteiger partial charge on any atom is 0.264 e. The van der Waals surface area contributed by atoms with Crippen molar-refractivity contribution in [3.63, 3.8) is 0 Å². The third-order valence-corrected chi connectivity index (χ3v) is 6.99. The van der Waals surface area contributed by atoms with Gasteiger partial charge in [0.1, 0.15) is 6.54 Å². The lowest BCUT2D eigenvalue weighted by atomic mass is 10.0. The van der Waals surface area contributed by atoms with Gasteiger partial charge in [0.2, 0.25) is 5.91 Å². The fourth-order valence-corrected chi connectivity index (χ4v) is 4.93. The van der Waals surface area contributed by atoms with Crippen LogP contribution in [0.4, 0.5) is 5.69 Å². The Hall–Kier alpha value is -3.52. The van der Waals surface area contributed by atoms with Crippen molar-refractivity contribution in [1.82, 2.24) is 5.32 Å². The standard InChI is InChI=1S/C25H28N2O5S/c1-4-22(19-11-7-5-8-12-19)26-25(28)18-27(20-13-9-6-10-14-20)33(29,30)21-15-16-23(31-2)24(17-21)32-3/h5-17,22H,4,18H2,1-3H3,(H,26,28)/t22-/m0/s1. The maximum atomic E-state index is 13.6. The molecule has 0 aliphatic rings. The molecule has 0 aliphatic carbocycles. The number of para-hydroxylation sites is 1. The second-order valence-electron chi connectivity index (χ2n) is 7.30. The number of hydrogen-bond donors (Lipinski definition) is 1. The largest absolute Gasteiger partial charge is 0.493 e. The van der Waals surface area contributed by atoms with Crippen LogP contribution in [0.3, 0.4) is 0 Å². The van der Waals surface area contributed by atoms with E-state index in [1.54, 1.807) is 30.3 Å². The van der Waals surface area contributed by atoms with E-state index in [-0.39, 0.29) is 23.2 Å². The molecule has 0 saturated carbocycles. The maximum absolute atomic E-state index is 13.6. The molecule has 174 valence electrons. The van der Waals surface area contributed by atoms with Crippen LogP contribution in [0.5, 0.6) is 11.5 Å². The first-order valence-corrected chi connectivity index (χ1v) is 12.0. The molecule has 0 fully saturated rings. The van der Waals surface area contributed by atoms with Crippen LogP contribution in [0.1, 0.15) is 24.9 Å². The lowest BCUT2D eigenvalue weighted by molar-refractivity contribution is -0.120. The van der Waals surface area contributed by atoms with Crippen molar-refractivity contribution >= 4 is 21.6 Å². The normalized spacial score (nSPS) is 12.0. The summed E-state index contributed by atoms with van der Waals surface area (Å²) in [7, 11) is -1.17. The van der Waals surface area contributed by atoms with Gasteiger partial charge in [-0.25, -0.2) is 8.42 Å². The summed E-state index contributed by atoms with van der Waals surface area (Å²) in [6.07, 6.45) is 0.670. The molecule has 0 bridgehead atoms. The average molecular weight is 469 g/mol. The topological polar surface area (TPSA) is 84.9 Å². The zero-order chi connectivity index (χ0) is 23.8. The molecule has 0 aromatic heterocycles. The van der Waals surface area contributed by atoms with Gasteiger partial charge in [0.25, 0.3) is 10.0 Å². The van der Waals surface area contributed by atoms with Crippen molar-refractivity contribution in [3.8, 4) is 11.5 Å². The minimum atomic E-state index is -4.08. The number of nitrogens with zero attached hydrogens (tertiary/aromatic N) is 1. The van der Waals surface area contributed by atoms with Gasteiger partial charge in [-0.1, -0.05) is 55.5 Å². The molecular formula is C25H28N2O5S. The quantitative estimate of drug-likeness (QED) is 0.483. The highest BCUT2D eigenvalue weighted by atomic mass is 32.2. The lowest BCUT2D eigenvalue weighted by Crippen LogP contribution is -2.42. The summed E-state index contributed by atoms with van der Waals surface area (Å²) in [5.41, 5.74) is 1.34. The van der Waals surface area contributed by atoms with Crippen molar-refractivity contribution in [3.05, 3.63) is 84.4 Å². The Balaban J connectivity index is 1.93. The summed E-state index contributed by atoms with van der Waals surface area (Å²) in [4.78, 5) is 13.0. The molecule has 1 atom stereocenters. The van der Waals surface area contributed by atoms with E-state index >= 15 is 0 Å². The Morgan fingerprint density at radius 1 is 0.909 bits per heavy atom. The van der Waals surface area contributed by atoms with Crippen LogP contribution in [0.2, 0.25) is 0 Å². The van der Waals surface area contributed by atoms with E-state index in [1.165, 1.54) is 32.4 Å². The molecule has 1 N–H and O–H groups in total. The van der Waals surface area contributed by atoms with E-state index in [1.807, 2.05) is 37.3 Å². The highest BCUT2D eigenvalue weighted by Gasteiger charge is 2.29. The van der Waals surface area contributed by atoms with Crippen molar-refractivity contribution in [2.45, 2.75) is 24.3 Å². The van der Waals surface area contributed by atoms with Gasteiger partial charge in [-0.05, 0) is 36.2 Å². The number of methoxy groups -OCH3 is 2. The number of hydrogen-bond acceptors (Lipinski definition) is 5. The van der Waals surface area contributed by atoms with Gasteiger partial charge in [-0.2, -0.15) is 0 Å². The molecule has 3 aromatic carbocycles. The van der Waals surface area contributed by atoms with Crippen LogP contribution in [0.25, 0.3) is 0 Å². The number of nitrogens with one attached hydrogen (secondary N) is 1. The van der Waals surface area contributed by atoms with E-state index < -0.39 is 15.9 Å². The molecule has 3 rings (SSSR count). The number of amides is 1. The second-order valence-corrected chi connectivity index (χ2v) is 9.17. The van der Waals surface area contributed by atoms with Crippen LogP contribution in [-0.4, -0.2) is 35.1 Å². The Labute approximate surface area is 195 Å². The first kappa shape index (κ1) is 24.1. The molecule has 7 nitrogen and oxygen atoms in total. The summed E-state index contributed by atoms with van der Waals surface area (Å²) in [6.45, 7) is 1.59. The number of sulfonamides is 1. The monoisotopic (exact) mass is 468 g/mol. The SMILES string of the molecule is CC[C@H](NC(=O)CN(c1ccccc1)S(=O)(=O)c1ccc(OC)c(OC)c1)c1ccccc1. The third kappa shape index (κ3) is 5.64. The van der Waals surface area contributed by atoms with Gasteiger partial charge in [-0.15, -0.1) is 0 Å². The minimum absolute atomic E-state index is 0.00750. The minimum Gasteiger partial charge on any atom is -0.493 e. The Bertz CT molecular complexity index is 1170. The number of benzene rings is 3. The Morgan fingerprint density at radius 2 is 1.52 bits per heavy atom. The van der Waals surface area contributed by atoms with Crippen molar-refractivity contribution in [1.29, 1.82) is 0 Å². The number of ether oxygens (including phenoxy) is 2. The van der Waals surface area contributed by atoms with Crippen molar-refractivity contribution in [2.24, 2.45) is 0 Å². The van der Waals surface area contributed by atoms with E-state index in [0.29, 0.717) is 17.9 Å². The fourth-order valence-electron chi connectivity index (χ4n) is 3.49. The van der Waals surface area contributed by atoms with E-state index in [0.717, 1.165) is 9.87 Å². The Kier molecular flexibility index (Phi) is 7.95. The summed E-state index contributed by atoms with van der Waals surface area (Å²) in [5, 5.41) is 2.96. The molecule has 0 aliphatic heterocycles. The highest BCUT2D eigenvalue weighted by molar-refractivity contribution is 7.92. The predicted octanol–water partition coefficient (Wildman–Crippen LogP) is 4.17. The predicted molar refractivity (Wildman–Crippen MR) is 128 cm³/mol. The number of anilines is 1. The molecule has 0 saturated heterocycles. The zero-order valence-electron chi connectivity index (χ0n) is 18.9. The van der Waals surface area contributed by atoms with E-state index in [9.17, 15) is 13.2 Å². The van der Waals surface area contributed by atoms with E-state index in [4.69, 9.17) is 9.47 Å². The van der Waals surface area contributed by atoms with Gasteiger partial charge in [0, 0.05) is 6.07 Å². The van der Waals surface area contributed by atoms with Gasteiger partial charge in [0.05, 0.1) is 30.8 Å². The Morgan fingerprint density at radius 3 is 2.09 bits per heavy atom. The van der Waals surface area contributed by atoms with Gasteiger partial charge in [0.15, 0.2) is 11.5 Å². The van der Waals surface area contributed by atoms with Gasteiger partial charge < -0.3 is 14.8 Å². The molecule has 0 radical (unpaired) electrons. The smallest absolute Gasteiger partial charge is 0.264 e. The third-order valence-electron chi connectivity index (χ3n) is 5.22. The van der Waals surface area contributed by atoms with Crippen LogP contribution in [0.15, 0.2) is 83.8 Å². The molecule has 0 heterocycles. The molecule has 0 unspecified atom stereocenters. The van der Waals surface area contributed by atoms with Gasteiger partial charge in [-0.3, -0.25) is 9.10 Å². The van der Waals surface area contributed by atoms with Crippen molar-refractivity contribution in [2.75, 3.05) is 25.1 Å². The average Bonchev–Trinajstić information content (AvgIpc) is 2.86. The summed E-state index contributed by atoms with van der Waals surface area (Å²) >= 11 is 0. The van der Waals surface area contributed by atoms with Gasteiger partial charge >= 0.3 is 0 Å². The summed E-state index contributed by atoms with van der Waals surface area (Å²) in [5.74, 6) is 0.291. The van der Waals surface area contributed by atoms with E-state index in [2.05, 4.69) is 5.32 Å². The molecule has 0 spiro atoms. The van der Waals surface area contributed by atoms with Crippen LogP contribution in [-0.2, 0) is 14.8 Å². The van der Waals surface area contributed by atoms with Crippen molar-refractivity contribution < 1.29 is 22.7 Å². The van der Waals surface area contributed by atoms with Crippen LogP contribution in [0, 0.1) is 0 Å². The lowest BCUT2D eigenvalue weighted by Gasteiger charge is -2.26. The molecule has 1 amide bonds.